The highest BCUT2D eigenvalue weighted by Gasteiger charge is 2.34. The Hall–Kier alpha value is -2.64. The second kappa shape index (κ2) is 5.77. The molecule has 1 aliphatic carbocycles. The van der Waals surface area contributed by atoms with Gasteiger partial charge in [0.05, 0.1) is 11.7 Å². The van der Waals surface area contributed by atoms with E-state index in [1.165, 1.54) is 12.8 Å². The molecule has 8 nitrogen and oxygen atoms in total. The van der Waals surface area contributed by atoms with E-state index in [4.69, 9.17) is 0 Å². The van der Waals surface area contributed by atoms with Crippen molar-refractivity contribution in [2.45, 2.75) is 32.2 Å². The summed E-state index contributed by atoms with van der Waals surface area (Å²) in [7, 11) is 0. The molecular weight excluding hydrogens is 308 g/mol. The van der Waals surface area contributed by atoms with Gasteiger partial charge in [-0.15, -0.1) is 0 Å². The number of urea groups is 1. The summed E-state index contributed by atoms with van der Waals surface area (Å²) in [5.41, 5.74) is 1.51. The highest BCUT2D eigenvalue weighted by atomic mass is 16.2. The van der Waals surface area contributed by atoms with E-state index in [0.717, 1.165) is 12.2 Å². The molecule has 0 aromatic carbocycles. The van der Waals surface area contributed by atoms with Crippen LogP contribution >= 0.6 is 0 Å². The highest BCUT2D eigenvalue weighted by Crippen LogP contribution is 2.31. The first-order valence-corrected chi connectivity index (χ1v) is 8.25. The van der Waals surface area contributed by atoms with Crippen LogP contribution in [0.3, 0.4) is 0 Å². The number of nitrogens with one attached hydrogen (secondary N) is 2. The van der Waals surface area contributed by atoms with Crippen LogP contribution in [-0.2, 0) is 4.79 Å². The van der Waals surface area contributed by atoms with Gasteiger partial charge in [-0.3, -0.25) is 10.1 Å². The molecule has 0 radical (unpaired) electrons. The fourth-order valence-corrected chi connectivity index (χ4v) is 3.10. The van der Waals surface area contributed by atoms with Crippen LogP contribution in [0.25, 0.3) is 5.65 Å². The number of aromatic nitrogens is 3. The first-order valence-electron chi connectivity index (χ1n) is 8.25. The number of carbonyl (C=O) groups is 2. The molecule has 3 amide bonds. The molecule has 24 heavy (non-hydrogen) atoms. The minimum Gasteiger partial charge on any atom is -0.340 e. The van der Waals surface area contributed by atoms with Crippen molar-refractivity contribution in [2.75, 3.05) is 18.4 Å². The molecule has 1 saturated carbocycles. The van der Waals surface area contributed by atoms with Gasteiger partial charge in [-0.25, -0.2) is 9.78 Å². The molecule has 2 aromatic heterocycles. The Bertz CT molecular complexity index is 797. The Balaban J connectivity index is 1.38. The molecule has 1 saturated heterocycles. The number of fused-ring (bicyclic) bond motifs is 1. The van der Waals surface area contributed by atoms with Gasteiger partial charge in [-0.1, -0.05) is 0 Å². The molecular formula is C16H20N6O2. The number of amides is 3. The monoisotopic (exact) mass is 328 g/mol. The molecule has 1 aliphatic heterocycles. The van der Waals surface area contributed by atoms with Crippen LogP contribution in [0.4, 0.5) is 10.6 Å². The number of anilines is 1. The molecule has 126 valence electrons. The SMILES string of the molecule is Cc1cc2nccc(NC(=O)NC3CC(=O)N(CC4CC4)C3)n2n1. The molecule has 2 N–H and O–H groups in total. The topological polar surface area (TPSA) is 91.6 Å². The molecule has 0 bridgehead atoms. The lowest BCUT2D eigenvalue weighted by molar-refractivity contribution is -0.127. The lowest BCUT2D eigenvalue weighted by atomic mass is 10.2. The van der Waals surface area contributed by atoms with Crippen molar-refractivity contribution in [1.29, 1.82) is 0 Å². The van der Waals surface area contributed by atoms with Crippen molar-refractivity contribution in [3.05, 3.63) is 24.0 Å². The second-order valence-corrected chi connectivity index (χ2v) is 6.63. The van der Waals surface area contributed by atoms with E-state index in [1.54, 1.807) is 16.8 Å². The van der Waals surface area contributed by atoms with Gasteiger partial charge in [0.1, 0.15) is 5.82 Å². The summed E-state index contributed by atoms with van der Waals surface area (Å²) in [5.74, 6) is 1.33. The Kier molecular flexibility index (Phi) is 3.59. The van der Waals surface area contributed by atoms with Gasteiger partial charge in [0, 0.05) is 31.8 Å². The predicted octanol–water partition coefficient (Wildman–Crippen LogP) is 1.17. The van der Waals surface area contributed by atoms with Crippen molar-refractivity contribution < 1.29 is 9.59 Å². The molecule has 2 aromatic rings. The fourth-order valence-electron chi connectivity index (χ4n) is 3.10. The number of likely N-dealkylation sites (tertiary alicyclic amines) is 1. The zero-order valence-corrected chi connectivity index (χ0v) is 13.5. The van der Waals surface area contributed by atoms with Gasteiger partial charge in [0.15, 0.2) is 5.65 Å². The number of hydrogen-bond acceptors (Lipinski definition) is 4. The smallest absolute Gasteiger partial charge is 0.320 e. The maximum absolute atomic E-state index is 12.3. The third-order valence-corrected chi connectivity index (χ3v) is 4.45. The minimum atomic E-state index is -0.332. The zero-order valence-electron chi connectivity index (χ0n) is 13.5. The molecule has 3 heterocycles. The molecule has 2 fully saturated rings. The third-order valence-electron chi connectivity index (χ3n) is 4.45. The Morgan fingerprint density at radius 3 is 3.04 bits per heavy atom. The van der Waals surface area contributed by atoms with Crippen molar-refractivity contribution in [3.8, 4) is 0 Å². The Morgan fingerprint density at radius 1 is 1.42 bits per heavy atom. The molecule has 2 aliphatic rings. The van der Waals surface area contributed by atoms with E-state index in [2.05, 4.69) is 20.7 Å². The number of carbonyl (C=O) groups excluding carboxylic acids is 2. The summed E-state index contributed by atoms with van der Waals surface area (Å²) in [5, 5.41) is 9.98. The van der Waals surface area contributed by atoms with Gasteiger partial charge in [0.25, 0.3) is 0 Å². The summed E-state index contributed by atoms with van der Waals surface area (Å²) in [6, 6.07) is 3.06. The molecule has 1 unspecified atom stereocenters. The van der Waals surface area contributed by atoms with Crippen LogP contribution in [0.5, 0.6) is 0 Å². The normalized spacial score (nSPS) is 20.6. The standard InChI is InChI=1S/C16H20N6O2/c1-10-6-14-17-5-4-13(22(14)20-10)19-16(24)18-12-7-15(23)21(9-12)8-11-2-3-11/h4-6,11-12H,2-3,7-9H2,1H3,(H2,18,19,24). The van der Waals surface area contributed by atoms with Crippen LogP contribution in [0.2, 0.25) is 0 Å². The lowest BCUT2D eigenvalue weighted by Crippen LogP contribution is -2.40. The maximum atomic E-state index is 12.3. The van der Waals surface area contributed by atoms with Crippen LogP contribution in [0.15, 0.2) is 18.3 Å². The number of rotatable bonds is 4. The predicted molar refractivity (Wildman–Crippen MR) is 87.6 cm³/mol. The largest absolute Gasteiger partial charge is 0.340 e. The summed E-state index contributed by atoms with van der Waals surface area (Å²) in [4.78, 5) is 30.3. The summed E-state index contributed by atoms with van der Waals surface area (Å²) < 4.78 is 1.59. The van der Waals surface area contributed by atoms with Crippen molar-refractivity contribution in [1.82, 2.24) is 24.8 Å². The zero-order chi connectivity index (χ0) is 16.7. The third kappa shape index (κ3) is 3.04. The lowest BCUT2D eigenvalue weighted by Gasteiger charge is -2.17. The fraction of sp³-hybridized carbons (Fsp3) is 0.500. The molecule has 0 spiro atoms. The van der Waals surface area contributed by atoms with Crippen LogP contribution < -0.4 is 10.6 Å². The van der Waals surface area contributed by atoms with Crippen LogP contribution in [0, 0.1) is 12.8 Å². The minimum absolute atomic E-state index is 0.126. The van der Waals surface area contributed by atoms with Gasteiger partial charge < -0.3 is 10.2 Å². The van der Waals surface area contributed by atoms with E-state index in [0.29, 0.717) is 30.3 Å². The highest BCUT2D eigenvalue weighted by molar-refractivity contribution is 5.90. The average molecular weight is 328 g/mol. The first-order chi connectivity index (χ1) is 11.6. The van der Waals surface area contributed by atoms with E-state index < -0.39 is 0 Å². The molecule has 1 atom stereocenters. The van der Waals surface area contributed by atoms with Crippen molar-refractivity contribution in [2.24, 2.45) is 5.92 Å². The van der Waals surface area contributed by atoms with Crippen molar-refractivity contribution in [3.63, 3.8) is 0 Å². The number of hydrogen-bond donors (Lipinski definition) is 2. The van der Waals surface area contributed by atoms with Crippen LogP contribution in [0.1, 0.15) is 25.0 Å². The molecule has 4 rings (SSSR count). The quantitative estimate of drug-likeness (QED) is 0.881. The maximum Gasteiger partial charge on any atom is 0.320 e. The number of aryl methyl sites for hydroxylation is 1. The van der Waals surface area contributed by atoms with Crippen LogP contribution in [-0.4, -0.2) is 50.6 Å². The Morgan fingerprint density at radius 2 is 2.25 bits per heavy atom. The Labute approximate surface area is 139 Å². The van der Waals surface area contributed by atoms with E-state index in [1.807, 2.05) is 17.9 Å². The van der Waals surface area contributed by atoms with E-state index >= 15 is 0 Å². The van der Waals surface area contributed by atoms with E-state index in [9.17, 15) is 9.59 Å². The van der Waals surface area contributed by atoms with Gasteiger partial charge in [-0.05, 0) is 31.7 Å². The summed E-state index contributed by atoms with van der Waals surface area (Å²) in [6.45, 7) is 3.29. The molecule has 8 heteroatoms. The average Bonchev–Trinajstić information content (AvgIpc) is 3.15. The summed E-state index contributed by atoms with van der Waals surface area (Å²) in [6.07, 6.45) is 4.42. The summed E-state index contributed by atoms with van der Waals surface area (Å²) >= 11 is 0. The van der Waals surface area contributed by atoms with Gasteiger partial charge >= 0.3 is 6.03 Å². The number of nitrogens with zero attached hydrogens (tertiary/aromatic N) is 4. The van der Waals surface area contributed by atoms with Gasteiger partial charge in [-0.2, -0.15) is 9.61 Å². The van der Waals surface area contributed by atoms with E-state index in [-0.39, 0.29) is 18.0 Å². The van der Waals surface area contributed by atoms with Gasteiger partial charge in [0.2, 0.25) is 5.91 Å². The first kappa shape index (κ1) is 14.9. The van der Waals surface area contributed by atoms with Crippen molar-refractivity contribution >= 4 is 23.4 Å². The second-order valence-electron chi connectivity index (χ2n) is 6.63.